The van der Waals surface area contributed by atoms with E-state index < -0.39 is 0 Å². The predicted octanol–water partition coefficient (Wildman–Crippen LogP) is 5.36. The minimum atomic E-state index is -0.162. The molecule has 1 aliphatic rings. The molecule has 1 unspecified atom stereocenters. The van der Waals surface area contributed by atoms with E-state index in [4.69, 9.17) is 0 Å². The van der Waals surface area contributed by atoms with E-state index in [-0.39, 0.29) is 11.2 Å². The third-order valence-corrected chi connectivity index (χ3v) is 4.58. The zero-order valence-electron chi connectivity index (χ0n) is 13.6. The van der Waals surface area contributed by atoms with Crippen LogP contribution in [0.4, 0.5) is 10.1 Å². The van der Waals surface area contributed by atoms with E-state index in [1.807, 2.05) is 6.07 Å². The van der Waals surface area contributed by atoms with Crippen molar-refractivity contribution in [3.63, 3.8) is 0 Å². The van der Waals surface area contributed by atoms with Gasteiger partial charge in [0.05, 0.1) is 0 Å². The van der Waals surface area contributed by atoms with Crippen LogP contribution in [0, 0.1) is 11.2 Å². The molecule has 1 aliphatic heterocycles. The van der Waals surface area contributed by atoms with Gasteiger partial charge in [0, 0.05) is 12.2 Å². The van der Waals surface area contributed by atoms with Crippen molar-refractivity contribution >= 4 is 5.69 Å². The first kappa shape index (κ1) is 15.1. The molecule has 0 bridgehead atoms. The summed E-state index contributed by atoms with van der Waals surface area (Å²) in [5.74, 6) is 0.404. The van der Waals surface area contributed by atoms with Crippen molar-refractivity contribution in [2.45, 2.75) is 39.5 Å². The van der Waals surface area contributed by atoms with Crippen molar-refractivity contribution in [3.05, 3.63) is 65.0 Å². The van der Waals surface area contributed by atoms with E-state index in [9.17, 15) is 4.39 Å². The maximum atomic E-state index is 13.4. The zero-order chi connectivity index (χ0) is 15.7. The molecule has 0 aromatic heterocycles. The molecule has 22 heavy (non-hydrogen) atoms. The van der Waals surface area contributed by atoms with Gasteiger partial charge in [-0.2, -0.15) is 0 Å². The Morgan fingerprint density at radius 2 is 1.86 bits per heavy atom. The largest absolute Gasteiger partial charge is 0.385 e. The molecule has 0 fully saturated rings. The Morgan fingerprint density at radius 3 is 2.59 bits per heavy atom. The molecule has 2 heteroatoms. The predicted molar refractivity (Wildman–Crippen MR) is 91.0 cm³/mol. The smallest absolute Gasteiger partial charge is 0.123 e. The molecule has 1 heterocycles. The van der Waals surface area contributed by atoms with Gasteiger partial charge in [-0.05, 0) is 59.1 Å². The molecule has 1 atom stereocenters. The topological polar surface area (TPSA) is 12.0 Å². The Bertz CT molecular complexity index is 670. The highest BCUT2D eigenvalue weighted by atomic mass is 19.1. The molecule has 0 saturated carbocycles. The molecule has 0 radical (unpaired) electrons. The first-order valence-electron chi connectivity index (χ1n) is 8.04. The lowest BCUT2D eigenvalue weighted by Crippen LogP contribution is -2.26. The minimum Gasteiger partial charge on any atom is -0.385 e. The SMILES string of the molecule is CC(C)(C)C1CCNc2ccc(Cc3cccc(F)c3)cc21. The van der Waals surface area contributed by atoms with Crippen molar-refractivity contribution in [2.24, 2.45) is 5.41 Å². The number of anilines is 1. The van der Waals surface area contributed by atoms with Crippen LogP contribution < -0.4 is 5.32 Å². The third kappa shape index (κ3) is 3.16. The average Bonchev–Trinajstić information content (AvgIpc) is 2.45. The van der Waals surface area contributed by atoms with E-state index in [0.717, 1.165) is 18.5 Å². The van der Waals surface area contributed by atoms with Gasteiger partial charge in [0.25, 0.3) is 0 Å². The minimum absolute atomic E-state index is 0.162. The number of hydrogen-bond acceptors (Lipinski definition) is 1. The summed E-state index contributed by atoms with van der Waals surface area (Å²) in [5.41, 5.74) is 5.20. The van der Waals surface area contributed by atoms with Crippen LogP contribution in [0.2, 0.25) is 0 Å². The van der Waals surface area contributed by atoms with Crippen LogP contribution in [0.5, 0.6) is 0 Å². The zero-order valence-corrected chi connectivity index (χ0v) is 13.6. The quantitative estimate of drug-likeness (QED) is 0.786. The van der Waals surface area contributed by atoms with Crippen molar-refractivity contribution in [2.75, 3.05) is 11.9 Å². The van der Waals surface area contributed by atoms with Gasteiger partial charge in [0.2, 0.25) is 0 Å². The molecular weight excluding hydrogens is 273 g/mol. The molecule has 2 aromatic carbocycles. The fraction of sp³-hybridized carbons (Fsp3) is 0.400. The Labute approximate surface area is 132 Å². The Balaban J connectivity index is 1.92. The Hall–Kier alpha value is -1.83. The molecule has 0 saturated heterocycles. The highest BCUT2D eigenvalue weighted by molar-refractivity contribution is 5.57. The molecule has 1 nitrogen and oxygen atoms in total. The fourth-order valence-electron chi connectivity index (χ4n) is 3.46. The van der Waals surface area contributed by atoms with Crippen LogP contribution >= 0.6 is 0 Å². The van der Waals surface area contributed by atoms with Crippen LogP contribution in [0.3, 0.4) is 0 Å². The first-order valence-corrected chi connectivity index (χ1v) is 8.04. The lowest BCUT2D eigenvalue weighted by molar-refractivity contribution is 0.305. The maximum Gasteiger partial charge on any atom is 0.123 e. The summed E-state index contributed by atoms with van der Waals surface area (Å²) >= 11 is 0. The molecule has 1 N–H and O–H groups in total. The van der Waals surface area contributed by atoms with Crippen molar-refractivity contribution in [1.29, 1.82) is 0 Å². The summed E-state index contributed by atoms with van der Waals surface area (Å²) in [6, 6.07) is 13.5. The van der Waals surface area contributed by atoms with Gasteiger partial charge in [0.15, 0.2) is 0 Å². The highest BCUT2D eigenvalue weighted by Crippen LogP contribution is 2.43. The van der Waals surface area contributed by atoms with Crippen LogP contribution in [0.25, 0.3) is 0 Å². The fourth-order valence-corrected chi connectivity index (χ4v) is 3.46. The van der Waals surface area contributed by atoms with Crippen LogP contribution in [-0.4, -0.2) is 6.54 Å². The molecule has 3 rings (SSSR count). The summed E-state index contributed by atoms with van der Waals surface area (Å²) in [6.07, 6.45) is 1.95. The number of fused-ring (bicyclic) bond motifs is 1. The summed E-state index contributed by atoms with van der Waals surface area (Å²) in [7, 11) is 0. The Morgan fingerprint density at radius 1 is 1.09 bits per heavy atom. The molecule has 116 valence electrons. The van der Waals surface area contributed by atoms with E-state index in [1.54, 1.807) is 12.1 Å². The van der Waals surface area contributed by atoms with Gasteiger partial charge in [0.1, 0.15) is 5.82 Å². The van der Waals surface area contributed by atoms with Gasteiger partial charge >= 0.3 is 0 Å². The second kappa shape index (κ2) is 5.75. The lowest BCUT2D eigenvalue weighted by atomic mass is 9.72. The molecule has 0 aliphatic carbocycles. The van der Waals surface area contributed by atoms with Crippen LogP contribution in [0.15, 0.2) is 42.5 Å². The third-order valence-electron chi connectivity index (χ3n) is 4.58. The first-order chi connectivity index (χ1) is 10.4. The van der Waals surface area contributed by atoms with E-state index in [1.165, 1.54) is 29.3 Å². The summed E-state index contributed by atoms with van der Waals surface area (Å²) in [6.45, 7) is 7.97. The second-order valence-electron chi connectivity index (χ2n) is 7.36. The number of rotatable bonds is 2. The van der Waals surface area contributed by atoms with Gasteiger partial charge in [-0.25, -0.2) is 4.39 Å². The van der Waals surface area contributed by atoms with Crippen molar-refractivity contribution in [3.8, 4) is 0 Å². The number of nitrogens with one attached hydrogen (secondary N) is 1. The average molecular weight is 297 g/mol. The standard InChI is InChI=1S/C20H24FN/c1-20(2,3)18-9-10-22-19-8-7-15(13-17(18)19)11-14-5-4-6-16(21)12-14/h4-8,12-13,18,22H,9-11H2,1-3H3. The van der Waals surface area contributed by atoms with E-state index in [2.05, 4.69) is 44.3 Å². The van der Waals surface area contributed by atoms with Gasteiger partial charge in [-0.3, -0.25) is 0 Å². The van der Waals surface area contributed by atoms with E-state index in [0.29, 0.717) is 5.92 Å². The van der Waals surface area contributed by atoms with Crippen LogP contribution in [0.1, 0.15) is 49.8 Å². The summed E-state index contributed by atoms with van der Waals surface area (Å²) < 4.78 is 13.4. The molecule has 0 amide bonds. The highest BCUT2D eigenvalue weighted by Gasteiger charge is 2.30. The van der Waals surface area contributed by atoms with Gasteiger partial charge < -0.3 is 5.32 Å². The number of hydrogen-bond donors (Lipinski definition) is 1. The van der Waals surface area contributed by atoms with Crippen LogP contribution in [-0.2, 0) is 6.42 Å². The second-order valence-corrected chi connectivity index (χ2v) is 7.36. The van der Waals surface area contributed by atoms with Crippen molar-refractivity contribution in [1.82, 2.24) is 0 Å². The van der Waals surface area contributed by atoms with E-state index >= 15 is 0 Å². The van der Waals surface area contributed by atoms with Crippen molar-refractivity contribution < 1.29 is 4.39 Å². The molecule has 2 aromatic rings. The lowest BCUT2D eigenvalue weighted by Gasteiger charge is -2.36. The monoisotopic (exact) mass is 297 g/mol. The number of halogens is 1. The summed E-state index contributed by atoms with van der Waals surface area (Å²) in [4.78, 5) is 0. The summed E-state index contributed by atoms with van der Waals surface area (Å²) in [5, 5.41) is 3.50. The molecule has 0 spiro atoms. The maximum absolute atomic E-state index is 13.4. The molecular formula is C20H24FN. The normalized spacial score (nSPS) is 17.7. The Kier molecular flexibility index (Phi) is 3.94. The van der Waals surface area contributed by atoms with Gasteiger partial charge in [-0.15, -0.1) is 0 Å². The van der Waals surface area contributed by atoms with Gasteiger partial charge in [-0.1, -0.05) is 45.0 Å². The number of benzene rings is 2.